The highest BCUT2D eigenvalue weighted by atomic mass is 35.5. The Hall–Kier alpha value is -2.57. The van der Waals surface area contributed by atoms with Gasteiger partial charge in [0, 0.05) is 17.9 Å². The third kappa shape index (κ3) is 6.45. The molecule has 2 amide bonds. The second-order valence-corrected chi connectivity index (χ2v) is 5.90. The van der Waals surface area contributed by atoms with E-state index in [9.17, 15) is 14.7 Å². The van der Waals surface area contributed by atoms with Gasteiger partial charge in [0.15, 0.2) is 0 Å². The maximum absolute atomic E-state index is 11.8. The van der Waals surface area contributed by atoms with E-state index in [1.807, 2.05) is 0 Å². The van der Waals surface area contributed by atoms with Crippen molar-refractivity contribution in [3.8, 4) is 5.75 Å². The molecule has 0 aliphatic heterocycles. The zero-order valence-corrected chi connectivity index (χ0v) is 14.5. The third-order valence-electron chi connectivity index (χ3n) is 3.06. The average Bonchev–Trinajstić information content (AvgIpc) is 2.56. The third-order valence-corrected chi connectivity index (χ3v) is 3.61. The van der Waals surface area contributed by atoms with Crippen molar-refractivity contribution >= 4 is 46.9 Å². The van der Waals surface area contributed by atoms with Crippen LogP contribution in [0.5, 0.6) is 5.75 Å². The van der Waals surface area contributed by atoms with E-state index in [0.29, 0.717) is 21.3 Å². The van der Waals surface area contributed by atoms with Gasteiger partial charge in [0.25, 0.3) is 0 Å². The molecule has 0 unspecified atom stereocenters. The van der Waals surface area contributed by atoms with Crippen molar-refractivity contribution in [1.82, 2.24) is 5.43 Å². The molecule has 130 valence electrons. The van der Waals surface area contributed by atoms with Gasteiger partial charge in [-0.15, -0.1) is 0 Å². The van der Waals surface area contributed by atoms with Gasteiger partial charge in [-0.25, -0.2) is 5.43 Å². The Balaban J connectivity index is 1.76. The predicted octanol–water partition coefficient (Wildman–Crippen LogP) is 3.57. The van der Waals surface area contributed by atoms with E-state index in [-0.39, 0.29) is 24.5 Å². The van der Waals surface area contributed by atoms with Crippen molar-refractivity contribution < 1.29 is 14.7 Å². The van der Waals surface area contributed by atoms with Crippen LogP contribution in [-0.4, -0.2) is 23.1 Å². The molecule has 6 nitrogen and oxygen atoms in total. The monoisotopic (exact) mass is 379 g/mol. The molecule has 0 radical (unpaired) electrons. The van der Waals surface area contributed by atoms with Gasteiger partial charge in [-0.3, -0.25) is 9.59 Å². The topological polar surface area (TPSA) is 90.8 Å². The number of nitrogens with zero attached hydrogens (tertiary/aromatic N) is 1. The molecule has 8 heteroatoms. The van der Waals surface area contributed by atoms with E-state index in [1.165, 1.54) is 24.4 Å². The van der Waals surface area contributed by atoms with Gasteiger partial charge >= 0.3 is 0 Å². The number of hydrogen-bond acceptors (Lipinski definition) is 4. The first-order valence-electron chi connectivity index (χ1n) is 7.30. The summed E-state index contributed by atoms with van der Waals surface area (Å²) in [6, 6.07) is 11.1. The van der Waals surface area contributed by atoms with Crippen LogP contribution in [0.3, 0.4) is 0 Å². The molecule has 0 heterocycles. The first-order chi connectivity index (χ1) is 11.9. The number of phenols is 1. The van der Waals surface area contributed by atoms with Crippen molar-refractivity contribution in [2.75, 3.05) is 5.32 Å². The minimum atomic E-state index is -0.409. The second kappa shape index (κ2) is 9.05. The first kappa shape index (κ1) is 18.8. The predicted molar refractivity (Wildman–Crippen MR) is 98.2 cm³/mol. The van der Waals surface area contributed by atoms with E-state index in [1.54, 1.807) is 24.3 Å². The number of rotatable bonds is 6. The van der Waals surface area contributed by atoms with E-state index in [2.05, 4.69) is 15.8 Å². The van der Waals surface area contributed by atoms with Crippen LogP contribution in [0.4, 0.5) is 5.69 Å². The van der Waals surface area contributed by atoms with Gasteiger partial charge in [0.2, 0.25) is 11.8 Å². The van der Waals surface area contributed by atoms with Crippen LogP contribution in [0.15, 0.2) is 47.6 Å². The van der Waals surface area contributed by atoms with Crippen molar-refractivity contribution in [1.29, 1.82) is 0 Å². The number of anilines is 1. The number of aromatic hydroxyl groups is 1. The molecule has 2 aromatic rings. The Morgan fingerprint density at radius 3 is 2.56 bits per heavy atom. The van der Waals surface area contributed by atoms with Crippen molar-refractivity contribution in [2.45, 2.75) is 12.8 Å². The SMILES string of the molecule is O=C(CCC(=O)Nc1ccc(Cl)cc1Cl)N/N=C/c1cccc(O)c1. The second-order valence-electron chi connectivity index (χ2n) is 5.06. The van der Waals surface area contributed by atoms with E-state index >= 15 is 0 Å². The lowest BCUT2D eigenvalue weighted by molar-refractivity contribution is -0.124. The van der Waals surface area contributed by atoms with Crippen LogP contribution in [-0.2, 0) is 9.59 Å². The van der Waals surface area contributed by atoms with Crippen LogP contribution in [0.25, 0.3) is 0 Å². The quantitative estimate of drug-likeness (QED) is 0.529. The highest BCUT2D eigenvalue weighted by Gasteiger charge is 2.09. The molecule has 0 saturated carbocycles. The fraction of sp³-hybridized carbons (Fsp3) is 0.118. The number of carbonyl (C=O) groups excluding carboxylic acids is 2. The highest BCUT2D eigenvalue weighted by molar-refractivity contribution is 6.36. The molecule has 3 N–H and O–H groups in total. The lowest BCUT2D eigenvalue weighted by Gasteiger charge is -2.07. The number of carbonyl (C=O) groups is 2. The van der Waals surface area contributed by atoms with Crippen molar-refractivity contribution in [3.63, 3.8) is 0 Å². The molecule has 2 rings (SSSR count). The van der Waals surface area contributed by atoms with Crippen LogP contribution in [0.2, 0.25) is 10.0 Å². The molecule has 2 aromatic carbocycles. The van der Waals surface area contributed by atoms with Crippen molar-refractivity contribution in [3.05, 3.63) is 58.1 Å². The summed E-state index contributed by atoms with van der Waals surface area (Å²) in [5, 5.41) is 16.5. The van der Waals surface area contributed by atoms with Gasteiger partial charge in [0.05, 0.1) is 16.9 Å². The smallest absolute Gasteiger partial charge is 0.240 e. The lowest BCUT2D eigenvalue weighted by atomic mass is 10.2. The summed E-state index contributed by atoms with van der Waals surface area (Å²) in [7, 11) is 0. The number of amides is 2. The summed E-state index contributed by atoms with van der Waals surface area (Å²) in [6.07, 6.45) is 1.34. The Labute approximate surface area is 154 Å². The fourth-order valence-electron chi connectivity index (χ4n) is 1.87. The van der Waals surface area contributed by atoms with Gasteiger partial charge in [-0.2, -0.15) is 5.10 Å². The minimum Gasteiger partial charge on any atom is -0.508 e. The maximum Gasteiger partial charge on any atom is 0.240 e. The van der Waals surface area contributed by atoms with E-state index in [4.69, 9.17) is 23.2 Å². The lowest BCUT2D eigenvalue weighted by Crippen LogP contribution is -2.20. The molecular formula is C17H15Cl2N3O3. The fourth-order valence-corrected chi connectivity index (χ4v) is 2.33. The summed E-state index contributed by atoms with van der Waals surface area (Å²) in [5.74, 6) is -0.655. The standard InChI is InChI=1S/C17H15Cl2N3O3/c18-12-4-5-15(14(19)9-12)21-16(24)6-7-17(25)22-20-10-11-2-1-3-13(23)8-11/h1-5,8-10,23H,6-7H2,(H,21,24)(H,22,25)/b20-10+. The number of hydrazone groups is 1. The number of hydrogen-bond donors (Lipinski definition) is 3. The van der Waals surface area contributed by atoms with Gasteiger partial charge < -0.3 is 10.4 Å². The Morgan fingerprint density at radius 2 is 1.84 bits per heavy atom. The van der Waals surface area contributed by atoms with E-state index in [0.717, 1.165) is 0 Å². The summed E-state index contributed by atoms with van der Waals surface area (Å²) < 4.78 is 0. The summed E-state index contributed by atoms with van der Waals surface area (Å²) in [5.41, 5.74) is 3.38. The summed E-state index contributed by atoms with van der Waals surface area (Å²) in [6.45, 7) is 0. The molecule has 0 spiro atoms. The number of benzene rings is 2. The number of phenolic OH excluding ortho intramolecular Hbond substituents is 1. The highest BCUT2D eigenvalue weighted by Crippen LogP contribution is 2.25. The van der Waals surface area contributed by atoms with E-state index < -0.39 is 5.91 Å². The zero-order valence-electron chi connectivity index (χ0n) is 13.0. The van der Waals surface area contributed by atoms with Crippen molar-refractivity contribution in [2.24, 2.45) is 5.10 Å². The Bertz CT molecular complexity index is 809. The number of nitrogens with one attached hydrogen (secondary N) is 2. The van der Waals surface area contributed by atoms with Crippen LogP contribution < -0.4 is 10.7 Å². The largest absolute Gasteiger partial charge is 0.508 e. The van der Waals surface area contributed by atoms with Gasteiger partial charge in [-0.05, 0) is 35.9 Å². The Morgan fingerprint density at radius 1 is 1.08 bits per heavy atom. The first-order valence-corrected chi connectivity index (χ1v) is 8.05. The Kier molecular flexibility index (Phi) is 6.80. The summed E-state index contributed by atoms with van der Waals surface area (Å²) in [4.78, 5) is 23.5. The van der Waals surface area contributed by atoms with Crippen LogP contribution in [0, 0.1) is 0 Å². The van der Waals surface area contributed by atoms with Gasteiger partial charge in [0.1, 0.15) is 5.75 Å². The molecule has 0 saturated heterocycles. The summed E-state index contributed by atoms with van der Waals surface area (Å²) >= 11 is 11.7. The normalized spacial score (nSPS) is 10.6. The molecule has 0 fully saturated rings. The average molecular weight is 380 g/mol. The molecule has 0 bridgehead atoms. The molecule has 25 heavy (non-hydrogen) atoms. The molecule has 0 atom stereocenters. The van der Waals surface area contributed by atoms with Crippen LogP contribution in [0.1, 0.15) is 18.4 Å². The van der Waals surface area contributed by atoms with Crippen LogP contribution >= 0.6 is 23.2 Å². The molecule has 0 aliphatic rings. The maximum atomic E-state index is 11.8. The minimum absolute atomic E-state index is 0.0214. The van der Waals surface area contributed by atoms with Gasteiger partial charge in [-0.1, -0.05) is 35.3 Å². The molecule has 0 aliphatic carbocycles. The molecular weight excluding hydrogens is 365 g/mol. The zero-order chi connectivity index (χ0) is 18.2. The molecule has 0 aromatic heterocycles. The number of halogens is 2.